The molecule has 0 unspecified atom stereocenters. The Bertz CT molecular complexity index is 506. The number of thioether (sulfide) groups is 1. The zero-order chi connectivity index (χ0) is 15.2. The van der Waals surface area contributed by atoms with Crippen molar-refractivity contribution in [2.75, 3.05) is 56.6 Å². The minimum atomic E-state index is 0.856. The van der Waals surface area contributed by atoms with Crippen LogP contribution < -0.4 is 10.2 Å². The lowest BCUT2D eigenvalue weighted by Crippen LogP contribution is -2.44. The summed E-state index contributed by atoms with van der Waals surface area (Å²) < 4.78 is 5.37. The molecule has 1 aromatic carbocycles. The van der Waals surface area contributed by atoms with E-state index in [1.807, 2.05) is 11.8 Å². The minimum Gasteiger partial charge on any atom is -0.379 e. The average Bonchev–Trinajstić information content (AvgIpc) is 2.59. The maximum absolute atomic E-state index is 5.59. The number of morpholine rings is 1. The van der Waals surface area contributed by atoms with Gasteiger partial charge in [-0.2, -0.15) is 0 Å². The third-order valence-electron chi connectivity index (χ3n) is 4.00. The lowest BCUT2D eigenvalue weighted by Gasteiger charge is -2.31. The number of nitrogens with zero attached hydrogens (tertiary/aromatic N) is 2. The van der Waals surface area contributed by atoms with Crippen LogP contribution in [0.2, 0.25) is 0 Å². The second-order valence-corrected chi connectivity index (χ2v) is 7.03. The molecule has 0 amide bonds. The van der Waals surface area contributed by atoms with E-state index >= 15 is 0 Å². The van der Waals surface area contributed by atoms with Gasteiger partial charge in [0.2, 0.25) is 0 Å². The summed E-state index contributed by atoms with van der Waals surface area (Å²) in [6.45, 7) is 6.88. The first-order chi connectivity index (χ1) is 10.8. The topological polar surface area (TPSA) is 27.7 Å². The highest BCUT2D eigenvalue weighted by atomic mass is 32.2. The number of fused-ring (bicyclic) bond motifs is 1. The van der Waals surface area contributed by atoms with Crippen LogP contribution in [-0.2, 0) is 4.74 Å². The van der Waals surface area contributed by atoms with E-state index in [0.29, 0.717) is 0 Å². The Morgan fingerprint density at radius 1 is 1.23 bits per heavy atom. The largest absolute Gasteiger partial charge is 0.379 e. The summed E-state index contributed by atoms with van der Waals surface area (Å²) in [5, 5.41) is 4.28. The van der Waals surface area contributed by atoms with Gasteiger partial charge < -0.3 is 15.0 Å². The van der Waals surface area contributed by atoms with Crippen LogP contribution in [-0.4, -0.2) is 61.7 Å². The number of para-hydroxylation sites is 1. The van der Waals surface area contributed by atoms with Crippen LogP contribution >= 0.6 is 24.0 Å². The third kappa shape index (κ3) is 4.13. The molecule has 1 saturated heterocycles. The Kier molecular flexibility index (Phi) is 5.95. The van der Waals surface area contributed by atoms with Crippen LogP contribution in [0, 0.1) is 0 Å². The Hall–Kier alpha value is -0.820. The molecule has 1 fully saturated rings. The van der Waals surface area contributed by atoms with Gasteiger partial charge in [-0.1, -0.05) is 12.1 Å². The normalized spacial score (nSPS) is 18.8. The summed E-state index contributed by atoms with van der Waals surface area (Å²) in [5.74, 6) is 1.09. The molecule has 22 heavy (non-hydrogen) atoms. The molecule has 2 aliphatic heterocycles. The molecule has 0 aromatic heterocycles. The number of hydrogen-bond acceptors (Lipinski definition) is 4. The maximum Gasteiger partial charge on any atom is 0.173 e. The van der Waals surface area contributed by atoms with E-state index in [4.69, 9.17) is 17.0 Å². The van der Waals surface area contributed by atoms with E-state index < -0.39 is 0 Å². The van der Waals surface area contributed by atoms with Crippen molar-refractivity contribution in [3.8, 4) is 0 Å². The van der Waals surface area contributed by atoms with Crippen molar-refractivity contribution in [3.05, 3.63) is 24.3 Å². The quantitative estimate of drug-likeness (QED) is 0.669. The minimum absolute atomic E-state index is 0.856. The molecule has 0 radical (unpaired) electrons. The number of benzene rings is 1. The molecule has 0 spiro atoms. The van der Waals surface area contributed by atoms with E-state index in [9.17, 15) is 0 Å². The number of rotatable bonds is 4. The Morgan fingerprint density at radius 3 is 2.91 bits per heavy atom. The fourth-order valence-electron chi connectivity index (χ4n) is 2.80. The first-order valence-electron chi connectivity index (χ1n) is 7.92. The second-order valence-electron chi connectivity index (χ2n) is 5.51. The Morgan fingerprint density at radius 2 is 2.05 bits per heavy atom. The van der Waals surface area contributed by atoms with Gasteiger partial charge in [0, 0.05) is 36.8 Å². The Labute approximate surface area is 142 Å². The molecular formula is C16H23N3OS2. The number of nitrogens with one attached hydrogen (secondary N) is 1. The van der Waals surface area contributed by atoms with Crippen molar-refractivity contribution in [1.82, 2.24) is 10.2 Å². The number of hydrogen-bond donors (Lipinski definition) is 1. The van der Waals surface area contributed by atoms with Crippen molar-refractivity contribution in [2.24, 2.45) is 0 Å². The molecule has 0 bridgehead atoms. The van der Waals surface area contributed by atoms with Gasteiger partial charge >= 0.3 is 0 Å². The third-order valence-corrected chi connectivity index (χ3v) is 5.41. The van der Waals surface area contributed by atoms with Crippen molar-refractivity contribution in [3.63, 3.8) is 0 Å². The standard InChI is InChI=1S/C16H23N3OS2/c21-16(17-6-3-7-18-8-11-20-12-9-18)19-10-13-22-15-5-2-1-4-14(15)19/h1-2,4-5H,3,6-13H2,(H,17,21). The lowest BCUT2D eigenvalue weighted by molar-refractivity contribution is 0.0376. The van der Waals surface area contributed by atoms with Crippen LogP contribution in [0.5, 0.6) is 0 Å². The van der Waals surface area contributed by atoms with Gasteiger partial charge in [-0.25, -0.2) is 0 Å². The van der Waals surface area contributed by atoms with Crippen molar-refractivity contribution >= 4 is 34.8 Å². The van der Waals surface area contributed by atoms with Gasteiger partial charge in [0.1, 0.15) is 0 Å². The predicted octanol–water partition coefficient (Wildman–Crippen LogP) is 2.20. The number of anilines is 1. The highest BCUT2D eigenvalue weighted by Crippen LogP contribution is 2.34. The van der Waals surface area contributed by atoms with Gasteiger partial charge in [0.25, 0.3) is 0 Å². The van der Waals surface area contributed by atoms with Crippen LogP contribution in [0.25, 0.3) is 0 Å². The van der Waals surface area contributed by atoms with Crippen molar-refractivity contribution < 1.29 is 4.74 Å². The smallest absolute Gasteiger partial charge is 0.173 e. The van der Waals surface area contributed by atoms with E-state index in [0.717, 1.165) is 63.2 Å². The predicted molar refractivity (Wildman–Crippen MR) is 97.0 cm³/mol. The van der Waals surface area contributed by atoms with Gasteiger partial charge in [0.15, 0.2) is 5.11 Å². The summed E-state index contributed by atoms with van der Waals surface area (Å²) in [7, 11) is 0. The molecule has 6 heteroatoms. The summed E-state index contributed by atoms with van der Waals surface area (Å²) in [6, 6.07) is 8.50. The van der Waals surface area contributed by atoms with Crippen molar-refractivity contribution in [1.29, 1.82) is 0 Å². The molecule has 3 rings (SSSR count). The fourth-order valence-corrected chi connectivity index (χ4v) is 4.09. The van der Waals surface area contributed by atoms with Gasteiger partial charge in [-0.3, -0.25) is 4.90 Å². The van der Waals surface area contributed by atoms with Crippen LogP contribution in [0.15, 0.2) is 29.2 Å². The summed E-state index contributed by atoms with van der Waals surface area (Å²) in [4.78, 5) is 6.02. The zero-order valence-electron chi connectivity index (χ0n) is 12.8. The molecule has 2 heterocycles. The first kappa shape index (κ1) is 16.1. The van der Waals surface area contributed by atoms with E-state index in [1.54, 1.807) is 0 Å². The highest BCUT2D eigenvalue weighted by molar-refractivity contribution is 7.99. The van der Waals surface area contributed by atoms with Gasteiger partial charge in [0.05, 0.1) is 18.9 Å². The SMILES string of the molecule is S=C(NCCCN1CCOCC1)N1CCSc2ccccc21. The van der Waals surface area contributed by atoms with Gasteiger partial charge in [-0.05, 0) is 37.3 Å². The summed E-state index contributed by atoms with van der Waals surface area (Å²) in [6.07, 6.45) is 1.12. The van der Waals surface area contributed by atoms with Crippen LogP contribution in [0.1, 0.15) is 6.42 Å². The molecule has 0 atom stereocenters. The molecule has 2 aliphatic rings. The molecule has 0 saturated carbocycles. The summed E-state index contributed by atoms with van der Waals surface area (Å²) >= 11 is 7.50. The molecule has 0 aliphatic carbocycles. The van der Waals surface area contributed by atoms with Gasteiger partial charge in [-0.15, -0.1) is 11.8 Å². The van der Waals surface area contributed by atoms with E-state index in [2.05, 4.69) is 39.4 Å². The molecular weight excluding hydrogens is 314 g/mol. The summed E-state index contributed by atoms with van der Waals surface area (Å²) in [5.41, 5.74) is 1.24. The lowest BCUT2D eigenvalue weighted by atomic mass is 10.3. The highest BCUT2D eigenvalue weighted by Gasteiger charge is 2.19. The maximum atomic E-state index is 5.59. The van der Waals surface area contributed by atoms with Crippen molar-refractivity contribution in [2.45, 2.75) is 11.3 Å². The monoisotopic (exact) mass is 337 g/mol. The molecule has 1 aromatic rings. The van der Waals surface area contributed by atoms with Crippen LogP contribution in [0.4, 0.5) is 5.69 Å². The fraction of sp³-hybridized carbons (Fsp3) is 0.562. The average molecular weight is 338 g/mol. The van der Waals surface area contributed by atoms with E-state index in [-0.39, 0.29) is 0 Å². The first-order valence-corrected chi connectivity index (χ1v) is 9.31. The number of thiocarbonyl (C=S) groups is 1. The van der Waals surface area contributed by atoms with E-state index in [1.165, 1.54) is 10.6 Å². The number of ether oxygens (including phenoxy) is 1. The Balaban J connectivity index is 1.44. The molecule has 4 nitrogen and oxygen atoms in total. The molecule has 1 N–H and O–H groups in total. The zero-order valence-corrected chi connectivity index (χ0v) is 14.4. The van der Waals surface area contributed by atoms with Crippen LogP contribution in [0.3, 0.4) is 0 Å². The second kappa shape index (κ2) is 8.15. The molecule has 120 valence electrons.